The van der Waals surface area contributed by atoms with Crippen molar-refractivity contribution >= 4 is 11.9 Å². The fraction of sp³-hybridized carbons (Fsp3) is 0.467. The van der Waals surface area contributed by atoms with Crippen molar-refractivity contribution < 1.29 is 23.5 Å². The van der Waals surface area contributed by atoms with E-state index in [4.69, 9.17) is 5.11 Å². The Balaban J connectivity index is 2.62. The van der Waals surface area contributed by atoms with Crippen molar-refractivity contribution in [1.29, 1.82) is 0 Å². The van der Waals surface area contributed by atoms with Gasteiger partial charge in [-0.25, -0.2) is 8.78 Å². The van der Waals surface area contributed by atoms with Gasteiger partial charge >= 0.3 is 5.97 Å². The summed E-state index contributed by atoms with van der Waals surface area (Å²) in [5.41, 5.74) is -0.323. The number of carboxylic acids is 1. The normalized spacial score (nSPS) is 12.8. The molecule has 21 heavy (non-hydrogen) atoms. The van der Waals surface area contributed by atoms with Crippen LogP contribution in [0, 0.1) is 23.0 Å². The lowest BCUT2D eigenvalue weighted by molar-refractivity contribution is -0.151. The van der Waals surface area contributed by atoms with E-state index in [1.54, 1.807) is 20.8 Å². The zero-order chi connectivity index (χ0) is 16.2. The number of carbonyl (C=O) groups is 2. The molecule has 2 N–H and O–H groups in total. The monoisotopic (exact) mass is 299 g/mol. The second-order valence-electron chi connectivity index (χ2n) is 5.96. The van der Waals surface area contributed by atoms with E-state index in [1.165, 1.54) is 12.1 Å². The lowest BCUT2D eigenvalue weighted by Crippen LogP contribution is -2.43. The number of carbonyl (C=O) groups excluding carboxylic acids is 1. The molecule has 1 unspecified atom stereocenters. The molecule has 0 heterocycles. The van der Waals surface area contributed by atoms with Crippen LogP contribution in [0.4, 0.5) is 8.78 Å². The molecule has 1 aromatic rings. The molecule has 0 spiro atoms. The Morgan fingerprint density at radius 2 is 1.71 bits per heavy atom. The molecular formula is C15H19F2NO3. The molecule has 0 aliphatic heterocycles. The van der Waals surface area contributed by atoms with Crippen LogP contribution in [0.25, 0.3) is 0 Å². The van der Waals surface area contributed by atoms with Crippen LogP contribution in [-0.2, 0) is 16.0 Å². The van der Waals surface area contributed by atoms with Crippen LogP contribution in [0.15, 0.2) is 18.2 Å². The molecule has 1 rings (SSSR count). The molecule has 1 atom stereocenters. The minimum absolute atomic E-state index is 0.113. The predicted molar refractivity (Wildman–Crippen MR) is 73.7 cm³/mol. The first-order valence-corrected chi connectivity index (χ1v) is 6.57. The van der Waals surface area contributed by atoms with E-state index in [0.29, 0.717) is 5.56 Å². The maximum Gasteiger partial charge on any atom is 0.316 e. The van der Waals surface area contributed by atoms with E-state index < -0.39 is 34.8 Å². The predicted octanol–water partition coefficient (Wildman–Crippen LogP) is 2.37. The minimum atomic E-state index is -1.20. The van der Waals surface area contributed by atoms with E-state index in [2.05, 4.69) is 5.32 Å². The minimum Gasteiger partial charge on any atom is -0.481 e. The Morgan fingerprint density at radius 1 is 1.19 bits per heavy atom. The molecular weight excluding hydrogens is 280 g/mol. The molecule has 4 nitrogen and oxygen atoms in total. The van der Waals surface area contributed by atoms with Crippen LogP contribution < -0.4 is 5.32 Å². The Hall–Kier alpha value is -1.98. The molecule has 0 saturated heterocycles. The molecule has 1 aromatic carbocycles. The van der Waals surface area contributed by atoms with E-state index >= 15 is 0 Å². The molecule has 0 saturated carbocycles. The zero-order valence-corrected chi connectivity index (χ0v) is 12.2. The van der Waals surface area contributed by atoms with Gasteiger partial charge in [-0.1, -0.05) is 20.8 Å². The number of hydrogen-bond donors (Lipinski definition) is 2. The van der Waals surface area contributed by atoms with Crippen molar-refractivity contribution in [3.63, 3.8) is 0 Å². The third-order valence-electron chi connectivity index (χ3n) is 3.01. The fourth-order valence-corrected chi connectivity index (χ4v) is 2.06. The molecule has 0 bridgehead atoms. The summed E-state index contributed by atoms with van der Waals surface area (Å²) < 4.78 is 26.0. The van der Waals surface area contributed by atoms with Crippen molar-refractivity contribution in [3.8, 4) is 0 Å². The van der Waals surface area contributed by atoms with Gasteiger partial charge in [0.2, 0.25) is 5.91 Å². The molecule has 0 fully saturated rings. The average Bonchev–Trinajstić information content (AvgIpc) is 2.24. The summed E-state index contributed by atoms with van der Waals surface area (Å²) >= 11 is 0. The first kappa shape index (κ1) is 17.1. The largest absolute Gasteiger partial charge is 0.481 e. The van der Waals surface area contributed by atoms with Gasteiger partial charge in [-0.3, -0.25) is 9.59 Å². The van der Waals surface area contributed by atoms with Crippen molar-refractivity contribution in [3.05, 3.63) is 35.4 Å². The Morgan fingerprint density at radius 3 is 2.14 bits per heavy atom. The Bertz CT molecular complexity index is 518. The summed E-state index contributed by atoms with van der Waals surface area (Å²) in [6.07, 6.45) is 0.219. The van der Waals surface area contributed by atoms with Crippen molar-refractivity contribution in [2.24, 2.45) is 11.3 Å². The number of halogens is 2. The first-order valence-electron chi connectivity index (χ1n) is 6.57. The van der Waals surface area contributed by atoms with E-state index in [0.717, 1.165) is 6.07 Å². The SMILES string of the molecule is CC(C)(C)C(C(=O)O)C(=O)NCCc1cc(F)cc(F)c1. The maximum atomic E-state index is 13.0. The highest BCUT2D eigenvalue weighted by atomic mass is 19.1. The second kappa shape index (κ2) is 6.65. The number of nitrogens with one attached hydrogen (secondary N) is 1. The summed E-state index contributed by atoms with van der Waals surface area (Å²) in [6.45, 7) is 5.09. The van der Waals surface area contributed by atoms with E-state index in [-0.39, 0.29) is 13.0 Å². The van der Waals surface area contributed by atoms with Gasteiger partial charge in [0.25, 0.3) is 0 Å². The van der Waals surface area contributed by atoms with Gasteiger partial charge in [-0.2, -0.15) is 0 Å². The average molecular weight is 299 g/mol. The fourth-order valence-electron chi connectivity index (χ4n) is 2.06. The van der Waals surface area contributed by atoms with Gasteiger partial charge in [0.15, 0.2) is 0 Å². The second-order valence-corrected chi connectivity index (χ2v) is 5.96. The van der Waals surface area contributed by atoms with Crippen LogP contribution in [0.3, 0.4) is 0 Å². The molecule has 0 aliphatic rings. The quantitative estimate of drug-likeness (QED) is 0.820. The molecule has 0 radical (unpaired) electrons. The van der Waals surface area contributed by atoms with Crippen LogP contribution in [0.1, 0.15) is 26.3 Å². The number of amides is 1. The lowest BCUT2D eigenvalue weighted by atomic mass is 9.80. The van der Waals surface area contributed by atoms with Gasteiger partial charge in [0, 0.05) is 12.6 Å². The van der Waals surface area contributed by atoms with Crippen LogP contribution in [0.5, 0.6) is 0 Å². The van der Waals surface area contributed by atoms with Gasteiger partial charge in [-0.15, -0.1) is 0 Å². The van der Waals surface area contributed by atoms with Crippen LogP contribution in [-0.4, -0.2) is 23.5 Å². The lowest BCUT2D eigenvalue weighted by Gasteiger charge is -2.25. The summed E-state index contributed by atoms with van der Waals surface area (Å²) in [5.74, 6) is -4.35. The molecule has 6 heteroatoms. The standard InChI is InChI=1S/C15H19F2NO3/c1-15(2,3)12(14(20)21)13(19)18-5-4-9-6-10(16)8-11(17)7-9/h6-8,12H,4-5H2,1-3H3,(H,18,19)(H,20,21). The summed E-state index contributed by atoms with van der Waals surface area (Å²) in [4.78, 5) is 23.1. The number of benzene rings is 1. The molecule has 0 aliphatic carbocycles. The van der Waals surface area contributed by atoms with Gasteiger partial charge in [0.1, 0.15) is 17.6 Å². The third-order valence-corrected chi connectivity index (χ3v) is 3.01. The zero-order valence-electron chi connectivity index (χ0n) is 12.2. The van der Waals surface area contributed by atoms with Crippen molar-refractivity contribution in [2.75, 3.05) is 6.54 Å². The number of aliphatic carboxylic acids is 1. The molecule has 0 aromatic heterocycles. The topological polar surface area (TPSA) is 66.4 Å². The highest BCUT2D eigenvalue weighted by molar-refractivity contribution is 5.97. The summed E-state index contributed by atoms with van der Waals surface area (Å²) in [6, 6.07) is 3.11. The van der Waals surface area contributed by atoms with Crippen LogP contribution in [0.2, 0.25) is 0 Å². The smallest absolute Gasteiger partial charge is 0.316 e. The van der Waals surface area contributed by atoms with Gasteiger partial charge in [0.05, 0.1) is 0 Å². The van der Waals surface area contributed by atoms with Gasteiger partial charge < -0.3 is 10.4 Å². The van der Waals surface area contributed by atoms with E-state index in [1.807, 2.05) is 0 Å². The summed E-state index contributed by atoms with van der Waals surface area (Å²) in [5, 5.41) is 11.6. The van der Waals surface area contributed by atoms with Gasteiger partial charge in [-0.05, 0) is 29.5 Å². The molecule has 1 amide bonds. The first-order chi connectivity index (χ1) is 9.61. The molecule has 116 valence electrons. The van der Waals surface area contributed by atoms with Crippen LogP contribution >= 0.6 is 0 Å². The number of carboxylic acid groups (broad SMARTS) is 1. The highest BCUT2D eigenvalue weighted by Crippen LogP contribution is 2.26. The highest BCUT2D eigenvalue weighted by Gasteiger charge is 2.37. The van der Waals surface area contributed by atoms with Crippen molar-refractivity contribution in [1.82, 2.24) is 5.32 Å². The third kappa shape index (κ3) is 5.13. The summed E-state index contributed by atoms with van der Waals surface area (Å²) in [7, 11) is 0. The maximum absolute atomic E-state index is 13.0. The Kier molecular flexibility index (Phi) is 5.41. The Labute approximate surface area is 122 Å². The number of rotatable bonds is 5. The van der Waals surface area contributed by atoms with Crippen molar-refractivity contribution in [2.45, 2.75) is 27.2 Å². The van der Waals surface area contributed by atoms with E-state index in [9.17, 15) is 18.4 Å². The number of hydrogen-bond acceptors (Lipinski definition) is 2.